The molecule has 172 valence electrons. The number of alkyl halides is 1. The minimum absolute atomic E-state index is 0.220. The van der Waals surface area contributed by atoms with Gasteiger partial charge in [-0.1, -0.05) is 0 Å². The average Bonchev–Trinajstić information content (AvgIpc) is 2.76. The molecule has 0 aromatic heterocycles. The Balaban J connectivity index is 1.57. The van der Waals surface area contributed by atoms with Gasteiger partial charge in [0.25, 0.3) is 0 Å². The zero-order chi connectivity index (χ0) is 22.5. The maximum atomic E-state index is 12.3. The van der Waals surface area contributed by atoms with Gasteiger partial charge in [0.15, 0.2) is 0 Å². The van der Waals surface area contributed by atoms with Crippen LogP contribution in [0.1, 0.15) is 68.1 Å². The van der Waals surface area contributed by atoms with Gasteiger partial charge in [0.05, 0.1) is 31.1 Å². The van der Waals surface area contributed by atoms with Crippen molar-refractivity contribution in [3.63, 3.8) is 0 Å². The first-order valence-corrected chi connectivity index (χ1v) is 11.4. The van der Waals surface area contributed by atoms with Crippen molar-refractivity contribution >= 4 is 29.5 Å². The van der Waals surface area contributed by atoms with Gasteiger partial charge in [-0.05, 0) is 75.6 Å². The second-order valence-corrected chi connectivity index (χ2v) is 8.04. The molecule has 1 aliphatic carbocycles. The summed E-state index contributed by atoms with van der Waals surface area (Å²) in [4.78, 5) is 34.4. The van der Waals surface area contributed by atoms with Gasteiger partial charge in [0.2, 0.25) is 0 Å². The van der Waals surface area contributed by atoms with Crippen molar-refractivity contribution < 1.29 is 33.7 Å². The Bertz CT molecular complexity index is 696. The van der Waals surface area contributed by atoms with Crippen molar-refractivity contribution in [2.45, 2.75) is 63.9 Å². The monoisotopic (exact) mass is 454 g/mol. The molecule has 1 fully saturated rings. The van der Waals surface area contributed by atoms with Gasteiger partial charge in [-0.2, -0.15) is 0 Å². The molecule has 1 aromatic carbocycles. The first-order valence-electron chi connectivity index (χ1n) is 10.9. The fraction of sp³-hybridized carbons (Fsp3) is 0.609. The lowest BCUT2D eigenvalue weighted by atomic mass is 9.87. The minimum Gasteiger partial charge on any atom is -0.494 e. The number of hydrogen-bond acceptors (Lipinski definition) is 6. The van der Waals surface area contributed by atoms with Crippen molar-refractivity contribution in [3.8, 4) is 5.75 Å². The molecular formula is C23H31ClO7. The van der Waals surface area contributed by atoms with Crippen molar-refractivity contribution in [3.05, 3.63) is 29.8 Å². The van der Waals surface area contributed by atoms with Crippen LogP contribution in [0.25, 0.3) is 0 Å². The number of ether oxygens (including phenoxy) is 3. The van der Waals surface area contributed by atoms with E-state index >= 15 is 0 Å². The Labute approximate surface area is 188 Å². The van der Waals surface area contributed by atoms with Crippen molar-refractivity contribution in [2.75, 3.05) is 19.1 Å². The maximum Gasteiger partial charge on any atom is 0.338 e. The zero-order valence-electron chi connectivity index (χ0n) is 17.7. The van der Waals surface area contributed by atoms with Crippen LogP contribution in [0.3, 0.4) is 0 Å². The molecule has 0 radical (unpaired) electrons. The molecule has 1 aromatic rings. The number of carbonyl (C=O) groups is 3. The summed E-state index contributed by atoms with van der Waals surface area (Å²) in [7, 11) is 0. The average molecular weight is 455 g/mol. The molecule has 0 bridgehead atoms. The lowest BCUT2D eigenvalue weighted by molar-refractivity contribution is -0.144. The molecule has 2 rings (SSSR count). The van der Waals surface area contributed by atoms with Crippen LogP contribution in [0.2, 0.25) is 0 Å². The van der Waals surface area contributed by atoms with Crippen LogP contribution in [0, 0.1) is 5.92 Å². The summed E-state index contributed by atoms with van der Waals surface area (Å²) < 4.78 is 16.2. The number of unbranched alkanes of at least 4 members (excludes halogenated alkanes) is 3. The number of hydrogen-bond donors (Lipinski definition) is 1. The molecule has 8 heteroatoms. The second-order valence-electron chi connectivity index (χ2n) is 7.66. The Hall–Kier alpha value is -2.28. The van der Waals surface area contributed by atoms with Crippen LogP contribution in [-0.2, 0) is 19.1 Å². The zero-order valence-corrected chi connectivity index (χ0v) is 18.5. The fourth-order valence-electron chi connectivity index (χ4n) is 3.42. The topological polar surface area (TPSA) is 99.1 Å². The summed E-state index contributed by atoms with van der Waals surface area (Å²) >= 11 is 5.47. The van der Waals surface area contributed by atoms with Gasteiger partial charge < -0.3 is 19.3 Å². The van der Waals surface area contributed by atoms with E-state index in [9.17, 15) is 14.4 Å². The molecule has 0 spiro atoms. The third-order valence-electron chi connectivity index (χ3n) is 5.26. The molecule has 0 unspecified atom stereocenters. The van der Waals surface area contributed by atoms with Gasteiger partial charge in [0, 0.05) is 5.88 Å². The number of rotatable bonds is 13. The van der Waals surface area contributed by atoms with Crippen LogP contribution in [0.4, 0.5) is 0 Å². The Morgan fingerprint density at radius 2 is 1.58 bits per heavy atom. The molecule has 31 heavy (non-hydrogen) atoms. The number of halogens is 1. The lowest BCUT2D eigenvalue weighted by Gasteiger charge is -2.25. The molecule has 0 aliphatic heterocycles. The maximum absolute atomic E-state index is 12.3. The van der Waals surface area contributed by atoms with E-state index in [1.165, 1.54) is 0 Å². The number of carboxylic acid groups (broad SMARTS) is 1. The van der Waals surface area contributed by atoms with Gasteiger partial charge in [0.1, 0.15) is 11.9 Å². The minimum atomic E-state index is -0.774. The highest BCUT2D eigenvalue weighted by atomic mass is 35.5. The quantitative estimate of drug-likeness (QED) is 0.264. The third-order valence-corrected chi connectivity index (χ3v) is 5.45. The van der Waals surface area contributed by atoms with E-state index in [0.29, 0.717) is 50.2 Å². The summed E-state index contributed by atoms with van der Waals surface area (Å²) in [5, 5.41) is 9.03. The van der Waals surface area contributed by atoms with Gasteiger partial charge in [-0.15, -0.1) is 11.6 Å². The first kappa shape index (κ1) is 25.0. The number of carbonyl (C=O) groups excluding carboxylic acids is 2. The fourth-order valence-corrected chi connectivity index (χ4v) is 3.57. The van der Waals surface area contributed by atoms with E-state index in [-0.39, 0.29) is 30.3 Å². The summed E-state index contributed by atoms with van der Waals surface area (Å²) in [5.74, 6) is -0.774. The Kier molecular flexibility index (Phi) is 11.2. The molecule has 1 aliphatic rings. The van der Waals surface area contributed by atoms with E-state index < -0.39 is 11.9 Å². The highest BCUT2D eigenvalue weighted by Gasteiger charge is 2.28. The lowest BCUT2D eigenvalue weighted by Crippen LogP contribution is -2.27. The molecule has 0 atom stereocenters. The number of aliphatic carboxylic acids is 1. The molecule has 0 amide bonds. The Morgan fingerprint density at radius 3 is 2.19 bits per heavy atom. The summed E-state index contributed by atoms with van der Waals surface area (Å²) in [6.07, 6.45) is 5.92. The van der Waals surface area contributed by atoms with Crippen LogP contribution in [0.15, 0.2) is 24.3 Å². The second kappa shape index (κ2) is 13.9. The Morgan fingerprint density at radius 1 is 0.935 bits per heavy atom. The van der Waals surface area contributed by atoms with E-state index in [1.807, 2.05) is 0 Å². The van der Waals surface area contributed by atoms with E-state index in [2.05, 4.69) is 0 Å². The SMILES string of the molecule is O=C(CCCl)OCCCCCCOc1ccc(C(=O)OC2CCC(C(=O)O)CC2)cc1. The van der Waals surface area contributed by atoms with Crippen LogP contribution in [0.5, 0.6) is 5.75 Å². The molecule has 0 saturated heterocycles. The summed E-state index contributed by atoms with van der Waals surface area (Å²) in [6, 6.07) is 6.84. The normalized spacial score (nSPS) is 18.2. The largest absolute Gasteiger partial charge is 0.494 e. The molecule has 1 saturated carbocycles. The predicted octanol–water partition coefficient (Wildman–Crippen LogP) is 4.60. The number of benzene rings is 1. The van der Waals surface area contributed by atoms with Crippen molar-refractivity contribution in [1.82, 2.24) is 0 Å². The van der Waals surface area contributed by atoms with Crippen LogP contribution < -0.4 is 4.74 Å². The molecule has 7 nitrogen and oxygen atoms in total. The van der Waals surface area contributed by atoms with Crippen LogP contribution >= 0.6 is 11.6 Å². The highest BCUT2D eigenvalue weighted by Crippen LogP contribution is 2.27. The standard InChI is InChI=1S/C23H31ClO7/c24-14-13-21(25)30-16-4-2-1-3-15-29-19-9-7-18(8-10-19)23(28)31-20-11-5-17(6-12-20)22(26)27/h7-10,17,20H,1-6,11-16H2,(H,26,27). The van der Waals surface area contributed by atoms with Crippen molar-refractivity contribution in [1.29, 1.82) is 0 Å². The van der Waals surface area contributed by atoms with E-state index in [1.54, 1.807) is 24.3 Å². The molecule has 0 heterocycles. The molecular weight excluding hydrogens is 424 g/mol. The van der Waals surface area contributed by atoms with Crippen LogP contribution in [-0.4, -0.2) is 48.2 Å². The summed E-state index contributed by atoms with van der Waals surface area (Å²) in [6.45, 7) is 0.998. The first-order chi connectivity index (χ1) is 15.0. The van der Waals surface area contributed by atoms with Gasteiger partial charge >= 0.3 is 17.9 Å². The van der Waals surface area contributed by atoms with Gasteiger partial charge in [-0.3, -0.25) is 9.59 Å². The van der Waals surface area contributed by atoms with E-state index in [0.717, 1.165) is 25.7 Å². The number of carboxylic acids is 1. The van der Waals surface area contributed by atoms with E-state index in [4.69, 9.17) is 30.9 Å². The smallest absolute Gasteiger partial charge is 0.338 e. The van der Waals surface area contributed by atoms with Crippen molar-refractivity contribution in [2.24, 2.45) is 5.92 Å². The predicted molar refractivity (Wildman–Crippen MR) is 115 cm³/mol. The summed E-state index contributed by atoms with van der Waals surface area (Å²) in [5.41, 5.74) is 0.455. The molecule has 1 N–H and O–H groups in total. The van der Waals surface area contributed by atoms with Gasteiger partial charge in [-0.25, -0.2) is 4.79 Å². The third kappa shape index (κ3) is 9.59. The number of esters is 2. The highest BCUT2D eigenvalue weighted by molar-refractivity contribution is 6.18.